The molecule has 32 heavy (non-hydrogen) atoms. The number of hydrogen-bond acceptors (Lipinski definition) is 3. The second-order valence-electron chi connectivity index (χ2n) is 7.27. The quantitative estimate of drug-likeness (QED) is 0.472. The smallest absolute Gasteiger partial charge is 0.261 e. The van der Waals surface area contributed by atoms with E-state index in [0.29, 0.717) is 22.3 Å². The third-order valence-corrected chi connectivity index (χ3v) is 5.42. The zero-order valence-corrected chi connectivity index (χ0v) is 19.1. The molecule has 0 aliphatic heterocycles. The zero-order chi connectivity index (χ0) is 22.9. The van der Waals surface area contributed by atoms with Crippen molar-refractivity contribution in [3.05, 3.63) is 100 Å². The summed E-state index contributed by atoms with van der Waals surface area (Å²) >= 11 is 11.9. The predicted molar refractivity (Wildman–Crippen MR) is 127 cm³/mol. The lowest BCUT2D eigenvalue weighted by Crippen LogP contribution is -2.48. The summed E-state index contributed by atoms with van der Waals surface area (Å²) in [5, 5.41) is 4.12. The molecule has 0 spiro atoms. The molecule has 0 aliphatic rings. The molecule has 5 nitrogen and oxygen atoms in total. The van der Waals surface area contributed by atoms with Gasteiger partial charge in [0, 0.05) is 23.1 Å². The molecule has 0 aromatic heterocycles. The van der Waals surface area contributed by atoms with Crippen molar-refractivity contribution in [3.8, 4) is 5.75 Å². The van der Waals surface area contributed by atoms with Gasteiger partial charge in [-0.3, -0.25) is 9.59 Å². The second-order valence-corrected chi connectivity index (χ2v) is 8.14. The molecular weight excluding hydrogens is 447 g/mol. The van der Waals surface area contributed by atoms with Gasteiger partial charge in [-0.1, -0.05) is 65.7 Å². The first-order valence-corrected chi connectivity index (χ1v) is 10.9. The van der Waals surface area contributed by atoms with Gasteiger partial charge in [0.05, 0.1) is 0 Å². The lowest BCUT2D eigenvalue weighted by atomic mass is 10.1. The van der Waals surface area contributed by atoms with E-state index in [1.165, 1.54) is 4.90 Å². The van der Waals surface area contributed by atoms with Crippen LogP contribution in [0, 0.1) is 0 Å². The Morgan fingerprint density at radius 3 is 2.03 bits per heavy atom. The maximum absolute atomic E-state index is 13.0. The lowest BCUT2D eigenvalue weighted by molar-refractivity contribution is -0.142. The molecule has 0 heterocycles. The summed E-state index contributed by atoms with van der Waals surface area (Å²) in [6.07, 6.45) is 0. The molecule has 0 aliphatic carbocycles. The van der Waals surface area contributed by atoms with E-state index in [9.17, 15) is 9.59 Å². The number of carbonyl (C=O) groups is 2. The number of nitrogens with zero attached hydrogens (tertiary/aromatic N) is 1. The van der Waals surface area contributed by atoms with Crippen LogP contribution in [0.4, 0.5) is 0 Å². The highest BCUT2D eigenvalue weighted by atomic mass is 35.5. The number of carbonyl (C=O) groups excluding carboxylic acids is 2. The lowest BCUT2D eigenvalue weighted by Gasteiger charge is -2.28. The van der Waals surface area contributed by atoms with Crippen molar-refractivity contribution in [2.75, 3.05) is 6.61 Å². The van der Waals surface area contributed by atoms with Gasteiger partial charge in [0.1, 0.15) is 11.8 Å². The van der Waals surface area contributed by atoms with E-state index in [1.807, 2.05) is 42.5 Å². The molecular formula is C25H24Cl2N2O3. The highest BCUT2D eigenvalue weighted by Crippen LogP contribution is 2.15. The van der Waals surface area contributed by atoms with Crippen LogP contribution < -0.4 is 10.1 Å². The molecule has 1 N–H and O–H groups in total. The number of nitrogens with one attached hydrogen (secondary N) is 1. The fraction of sp³-hybridized carbons (Fsp3) is 0.200. The predicted octanol–water partition coefficient (Wildman–Crippen LogP) is 5.11. The van der Waals surface area contributed by atoms with Gasteiger partial charge in [-0.15, -0.1) is 0 Å². The fourth-order valence-electron chi connectivity index (χ4n) is 3.05. The Bertz CT molecular complexity index is 1030. The van der Waals surface area contributed by atoms with E-state index in [4.69, 9.17) is 27.9 Å². The van der Waals surface area contributed by atoms with Crippen LogP contribution in [0.1, 0.15) is 18.1 Å². The van der Waals surface area contributed by atoms with Crippen LogP contribution in [-0.2, 0) is 22.7 Å². The topological polar surface area (TPSA) is 58.6 Å². The molecule has 0 saturated carbocycles. The maximum atomic E-state index is 13.0. The van der Waals surface area contributed by atoms with Gasteiger partial charge in [-0.25, -0.2) is 0 Å². The van der Waals surface area contributed by atoms with Crippen molar-refractivity contribution in [2.45, 2.75) is 26.1 Å². The first-order chi connectivity index (χ1) is 15.4. The van der Waals surface area contributed by atoms with Crippen molar-refractivity contribution >= 4 is 35.0 Å². The summed E-state index contributed by atoms with van der Waals surface area (Å²) in [5.41, 5.74) is 1.78. The normalized spacial score (nSPS) is 11.5. The molecule has 166 valence electrons. The van der Waals surface area contributed by atoms with Crippen molar-refractivity contribution in [1.82, 2.24) is 10.2 Å². The Balaban J connectivity index is 1.68. The minimum absolute atomic E-state index is 0.174. The Labute approximate surface area is 197 Å². The van der Waals surface area contributed by atoms with E-state index >= 15 is 0 Å². The molecule has 3 rings (SSSR count). The van der Waals surface area contributed by atoms with Crippen LogP contribution in [0.3, 0.4) is 0 Å². The average Bonchev–Trinajstić information content (AvgIpc) is 2.82. The molecule has 2 amide bonds. The molecule has 0 unspecified atom stereocenters. The summed E-state index contributed by atoms with van der Waals surface area (Å²) in [6.45, 7) is 2.12. The van der Waals surface area contributed by atoms with Crippen LogP contribution in [0.2, 0.25) is 10.0 Å². The minimum Gasteiger partial charge on any atom is -0.484 e. The van der Waals surface area contributed by atoms with Crippen molar-refractivity contribution < 1.29 is 14.3 Å². The molecule has 0 fully saturated rings. The number of amides is 2. The monoisotopic (exact) mass is 470 g/mol. The Hall–Kier alpha value is -3.02. The first-order valence-electron chi connectivity index (χ1n) is 10.2. The van der Waals surface area contributed by atoms with Gasteiger partial charge in [0.2, 0.25) is 5.91 Å². The van der Waals surface area contributed by atoms with Gasteiger partial charge < -0.3 is 15.0 Å². The highest BCUT2D eigenvalue weighted by Gasteiger charge is 2.26. The van der Waals surface area contributed by atoms with Crippen LogP contribution in [0.25, 0.3) is 0 Å². The SMILES string of the molecule is C[C@@H](C(=O)NCc1ccc(Cl)cc1)N(Cc1ccc(Cl)cc1)C(=O)COc1ccccc1. The van der Waals surface area contributed by atoms with Gasteiger partial charge in [-0.2, -0.15) is 0 Å². The van der Waals surface area contributed by atoms with E-state index in [2.05, 4.69) is 5.32 Å². The summed E-state index contributed by atoms with van der Waals surface area (Å²) in [7, 11) is 0. The molecule has 3 aromatic rings. The molecule has 0 saturated heterocycles. The Kier molecular flexibility index (Phi) is 8.54. The van der Waals surface area contributed by atoms with Gasteiger partial charge in [0.25, 0.3) is 5.91 Å². The van der Waals surface area contributed by atoms with E-state index < -0.39 is 6.04 Å². The maximum Gasteiger partial charge on any atom is 0.261 e. The number of ether oxygens (including phenoxy) is 1. The molecule has 0 bridgehead atoms. The standard InChI is InChI=1S/C25H24Cl2N2O3/c1-18(25(31)28-15-19-7-11-21(26)12-8-19)29(16-20-9-13-22(27)14-10-20)24(30)17-32-23-5-3-2-4-6-23/h2-14,18H,15-17H2,1H3,(H,28,31)/t18-/m0/s1. The molecule has 1 atom stereocenters. The Morgan fingerprint density at radius 2 is 1.44 bits per heavy atom. The zero-order valence-electron chi connectivity index (χ0n) is 17.6. The number of para-hydroxylation sites is 1. The van der Waals surface area contributed by atoms with Crippen molar-refractivity contribution in [2.24, 2.45) is 0 Å². The third-order valence-electron chi connectivity index (χ3n) is 4.92. The van der Waals surface area contributed by atoms with E-state index in [0.717, 1.165) is 11.1 Å². The molecule has 0 radical (unpaired) electrons. The summed E-state index contributed by atoms with van der Waals surface area (Å²) in [6, 6.07) is 22.8. The van der Waals surface area contributed by atoms with Crippen molar-refractivity contribution in [3.63, 3.8) is 0 Å². The van der Waals surface area contributed by atoms with Gasteiger partial charge in [0.15, 0.2) is 6.61 Å². The van der Waals surface area contributed by atoms with Gasteiger partial charge in [-0.05, 0) is 54.4 Å². The van der Waals surface area contributed by atoms with Gasteiger partial charge >= 0.3 is 0 Å². The summed E-state index contributed by atoms with van der Waals surface area (Å²) < 4.78 is 5.62. The van der Waals surface area contributed by atoms with Crippen LogP contribution >= 0.6 is 23.2 Å². The molecule has 7 heteroatoms. The van der Waals surface area contributed by atoms with Crippen molar-refractivity contribution in [1.29, 1.82) is 0 Å². The number of hydrogen-bond donors (Lipinski definition) is 1. The second kappa shape index (κ2) is 11.6. The fourth-order valence-corrected chi connectivity index (χ4v) is 3.30. The van der Waals surface area contributed by atoms with Crippen LogP contribution in [-0.4, -0.2) is 29.4 Å². The highest BCUT2D eigenvalue weighted by molar-refractivity contribution is 6.30. The summed E-state index contributed by atoms with van der Waals surface area (Å²) in [4.78, 5) is 27.4. The van der Waals surface area contributed by atoms with Crippen LogP contribution in [0.15, 0.2) is 78.9 Å². The average molecular weight is 471 g/mol. The van der Waals surface area contributed by atoms with E-state index in [-0.39, 0.29) is 25.0 Å². The first kappa shape index (κ1) is 23.6. The third kappa shape index (κ3) is 7.01. The van der Waals surface area contributed by atoms with E-state index in [1.54, 1.807) is 43.3 Å². The molecule has 3 aromatic carbocycles. The number of benzene rings is 3. The van der Waals surface area contributed by atoms with Crippen LogP contribution in [0.5, 0.6) is 5.75 Å². The largest absolute Gasteiger partial charge is 0.484 e. The Morgan fingerprint density at radius 1 is 0.875 bits per heavy atom. The number of rotatable bonds is 9. The number of halogens is 2. The summed E-state index contributed by atoms with van der Waals surface area (Å²) in [5.74, 6) is 0.0343. The minimum atomic E-state index is -0.704.